The molecule has 1 aromatic heterocycles. The molecule has 5 aromatic rings. The highest BCUT2D eigenvalue weighted by molar-refractivity contribution is 9.10. The molecule has 1 atom stereocenters. The van der Waals surface area contributed by atoms with Gasteiger partial charge in [-0.25, -0.2) is 4.68 Å². The Morgan fingerprint density at radius 2 is 1.54 bits per heavy atom. The van der Waals surface area contributed by atoms with Gasteiger partial charge in [0.2, 0.25) is 0 Å². The fourth-order valence-electron chi connectivity index (χ4n) is 4.66. The number of halogens is 1. The van der Waals surface area contributed by atoms with Gasteiger partial charge in [0, 0.05) is 16.7 Å². The molecular weight excluding hydrogens is 554 g/mol. The molecule has 0 bridgehead atoms. The third kappa shape index (κ3) is 5.71. The Morgan fingerprint density at radius 1 is 0.821 bits per heavy atom. The van der Waals surface area contributed by atoms with Gasteiger partial charge in [-0.2, -0.15) is 0 Å². The second-order valence-corrected chi connectivity index (χ2v) is 10.3. The van der Waals surface area contributed by atoms with E-state index in [9.17, 15) is 4.79 Å². The van der Waals surface area contributed by atoms with E-state index in [0.29, 0.717) is 25.3 Å². The summed E-state index contributed by atoms with van der Waals surface area (Å²) in [6.45, 7) is 1.46. The van der Waals surface area contributed by atoms with E-state index in [2.05, 4.69) is 43.7 Å². The highest BCUT2D eigenvalue weighted by Crippen LogP contribution is 2.34. The first-order valence-corrected chi connectivity index (χ1v) is 13.5. The first-order chi connectivity index (χ1) is 19.1. The summed E-state index contributed by atoms with van der Waals surface area (Å²) in [7, 11) is 0. The fourth-order valence-corrected chi connectivity index (χ4v) is 4.93. The Morgan fingerprint density at radius 3 is 2.33 bits per heavy atom. The maximum Gasteiger partial charge on any atom is 0.258 e. The average Bonchev–Trinajstić information content (AvgIpc) is 3.42. The van der Waals surface area contributed by atoms with Gasteiger partial charge in [-0.05, 0) is 53.1 Å². The van der Waals surface area contributed by atoms with Crippen LogP contribution >= 0.6 is 15.9 Å². The number of fused-ring (bicyclic) bond motifs is 1. The van der Waals surface area contributed by atoms with Crippen LogP contribution in [0.15, 0.2) is 114 Å². The second kappa shape index (κ2) is 11.1. The number of benzene rings is 4. The number of para-hydroxylation sites is 1. The van der Waals surface area contributed by atoms with E-state index in [0.717, 1.165) is 38.3 Å². The van der Waals surface area contributed by atoms with Gasteiger partial charge in [0.1, 0.15) is 24.2 Å². The van der Waals surface area contributed by atoms with E-state index in [-0.39, 0.29) is 12.1 Å². The number of nitrogens with zero attached hydrogens (tertiary/aromatic N) is 4. The highest BCUT2D eigenvalue weighted by atomic mass is 79.9. The molecule has 39 heavy (non-hydrogen) atoms. The molecule has 1 unspecified atom stereocenters. The Balaban J connectivity index is 1.15. The van der Waals surface area contributed by atoms with E-state index in [1.807, 2.05) is 102 Å². The summed E-state index contributed by atoms with van der Waals surface area (Å²) in [6, 6.07) is 33.7. The molecule has 1 N–H and O–H groups in total. The lowest BCUT2D eigenvalue weighted by Gasteiger charge is -2.38. The van der Waals surface area contributed by atoms with Crippen molar-refractivity contribution in [3.63, 3.8) is 0 Å². The Kier molecular flexibility index (Phi) is 7.10. The van der Waals surface area contributed by atoms with Gasteiger partial charge < -0.3 is 15.0 Å². The second-order valence-electron chi connectivity index (χ2n) is 9.40. The van der Waals surface area contributed by atoms with Crippen LogP contribution in [0, 0.1) is 0 Å². The number of aromatic nitrogens is 3. The predicted molar refractivity (Wildman–Crippen MR) is 153 cm³/mol. The maximum absolute atomic E-state index is 13.5. The standard InChI is InChI=1S/C31H26BrN5O2/c32-25-14-10-23(11-15-25)18-36-20-26(34-35-36)21-39-27-16-12-24(13-17-27)30-33-29-9-5-4-8-28(29)31(38)37(30)19-22-6-2-1-3-7-22/h1-17,20,30,33H,18-19,21H2. The topological polar surface area (TPSA) is 72.3 Å². The Labute approximate surface area is 235 Å². The summed E-state index contributed by atoms with van der Waals surface area (Å²) in [4.78, 5) is 15.4. The van der Waals surface area contributed by atoms with E-state index in [1.165, 1.54) is 0 Å². The van der Waals surface area contributed by atoms with Gasteiger partial charge in [-0.15, -0.1) is 5.10 Å². The fraction of sp³-hybridized carbons (Fsp3) is 0.129. The lowest BCUT2D eigenvalue weighted by atomic mass is 10.0. The van der Waals surface area contributed by atoms with E-state index in [4.69, 9.17) is 4.74 Å². The number of rotatable bonds is 8. The molecular formula is C31H26BrN5O2. The summed E-state index contributed by atoms with van der Waals surface area (Å²) in [5.41, 5.74) is 5.46. The molecule has 1 amide bonds. The molecule has 0 radical (unpaired) electrons. The van der Waals surface area contributed by atoms with Gasteiger partial charge in [0.15, 0.2) is 0 Å². The van der Waals surface area contributed by atoms with Crippen molar-refractivity contribution in [2.24, 2.45) is 0 Å². The number of carbonyl (C=O) groups is 1. The summed E-state index contributed by atoms with van der Waals surface area (Å²) in [5.74, 6) is 0.725. The van der Waals surface area contributed by atoms with Crippen LogP contribution in [0.25, 0.3) is 0 Å². The van der Waals surface area contributed by atoms with Crippen LogP contribution in [0.2, 0.25) is 0 Å². The van der Waals surface area contributed by atoms with Gasteiger partial charge in [0.05, 0.1) is 18.3 Å². The molecule has 0 spiro atoms. The molecule has 0 saturated heterocycles. The number of hydrogen-bond acceptors (Lipinski definition) is 5. The number of ether oxygens (including phenoxy) is 1. The molecule has 0 fully saturated rings. The van der Waals surface area contributed by atoms with Crippen LogP contribution in [-0.2, 0) is 19.7 Å². The van der Waals surface area contributed by atoms with E-state index >= 15 is 0 Å². The lowest BCUT2D eigenvalue weighted by molar-refractivity contribution is 0.0666. The van der Waals surface area contributed by atoms with Crippen molar-refractivity contribution in [2.45, 2.75) is 25.9 Å². The van der Waals surface area contributed by atoms with Crippen molar-refractivity contribution in [2.75, 3.05) is 5.32 Å². The normalized spacial score (nSPS) is 14.5. The zero-order valence-corrected chi connectivity index (χ0v) is 22.7. The van der Waals surface area contributed by atoms with Gasteiger partial charge in [-0.3, -0.25) is 4.79 Å². The highest BCUT2D eigenvalue weighted by Gasteiger charge is 2.32. The number of nitrogens with one attached hydrogen (secondary N) is 1. The van der Waals surface area contributed by atoms with Crippen LogP contribution < -0.4 is 10.1 Å². The quantitative estimate of drug-likeness (QED) is 0.229. The average molecular weight is 580 g/mol. The van der Waals surface area contributed by atoms with Crippen molar-refractivity contribution in [1.82, 2.24) is 19.9 Å². The molecule has 2 heterocycles. The lowest BCUT2D eigenvalue weighted by Crippen LogP contribution is -2.42. The van der Waals surface area contributed by atoms with Crippen LogP contribution in [-0.4, -0.2) is 25.8 Å². The minimum absolute atomic E-state index is 0.00440. The molecule has 4 aromatic carbocycles. The first-order valence-electron chi connectivity index (χ1n) is 12.7. The molecule has 1 aliphatic heterocycles. The number of amides is 1. The maximum atomic E-state index is 13.5. The summed E-state index contributed by atoms with van der Waals surface area (Å²) < 4.78 is 8.84. The largest absolute Gasteiger partial charge is 0.487 e. The van der Waals surface area contributed by atoms with Crippen LogP contribution in [0.1, 0.15) is 38.9 Å². The third-order valence-electron chi connectivity index (χ3n) is 6.64. The molecule has 6 rings (SSSR count). The minimum atomic E-state index is -0.305. The van der Waals surface area contributed by atoms with Crippen molar-refractivity contribution in [1.29, 1.82) is 0 Å². The third-order valence-corrected chi connectivity index (χ3v) is 7.17. The number of carbonyl (C=O) groups excluding carboxylic acids is 1. The van der Waals surface area contributed by atoms with Gasteiger partial charge in [0.25, 0.3) is 5.91 Å². The first kappa shape index (κ1) is 24.9. The number of anilines is 1. The van der Waals surface area contributed by atoms with Crippen molar-refractivity contribution >= 4 is 27.5 Å². The van der Waals surface area contributed by atoms with Crippen LogP contribution in [0.3, 0.4) is 0 Å². The molecule has 194 valence electrons. The predicted octanol–water partition coefficient (Wildman–Crippen LogP) is 6.43. The zero-order chi connectivity index (χ0) is 26.6. The Bertz CT molecular complexity index is 1570. The van der Waals surface area contributed by atoms with Crippen LogP contribution in [0.5, 0.6) is 5.75 Å². The number of hydrogen-bond donors (Lipinski definition) is 1. The minimum Gasteiger partial charge on any atom is -0.487 e. The SMILES string of the molecule is O=C1c2ccccc2NC(c2ccc(OCc3cn(Cc4ccc(Br)cc4)nn3)cc2)N1Cc1ccccc1. The van der Waals surface area contributed by atoms with Crippen LogP contribution in [0.4, 0.5) is 5.69 Å². The van der Waals surface area contributed by atoms with Gasteiger partial charge >= 0.3 is 0 Å². The van der Waals surface area contributed by atoms with Crippen molar-refractivity contribution in [3.05, 3.63) is 142 Å². The Hall–Kier alpha value is -4.43. The molecule has 0 saturated carbocycles. The van der Waals surface area contributed by atoms with E-state index < -0.39 is 0 Å². The molecule has 8 heteroatoms. The molecule has 0 aliphatic carbocycles. The molecule has 7 nitrogen and oxygen atoms in total. The van der Waals surface area contributed by atoms with Crippen molar-refractivity contribution in [3.8, 4) is 5.75 Å². The smallest absolute Gasteiger partial charge is 0.258 e. The zero-order valence-electron chi connectivity index (χ0n) is 21.1. The summed E-state index contributed by atoms with van der Waals surface area (Å²) in [6.07, 6.45) is 1.59. The summed E-state index contributed by atoms with van der Waals surface area (Å²) >= 11 is 3.46. The molecule has 1 aliphatic rings. The monoisotopic (exact) mass is 579 g/mol. The van der Waals surface area contributed by atoms with Gasteiger partial charge in [-0.1, -0.05) is 87.9 Å². The summed E-state index contributed by atoms with van der Waals surface area (Å²) in [5, 5.41) is 12.0. The van der Waals surface area contributed by atoms with E-state index in [1.54, 1.807) is 4.68 Å². The van der Waals surface area contributed by atoms with Crippen molar-refractivity contribution < 1.29 is 9.53 Å².